The van der Waals surface area contributed by atoms with Crippen molar-refractivity contribution in [3.05, 3.63) is 69.7 Å². The summed E-state index contributed by atoms with van der Waals surface area (Å²) in [7, 11) is 0. The predicted molar refractivity (Wildman–Crippen MR) is 85.9 cm³/mol. The lowest BCUT2D eigenvalue weighted by molar-refractivity contribution is -0.117. The molecule has 0 saturated carbocycles. The Morgan fingerprint density at radius 3 is 2.76 bits per heavy atom. The van der Waals surface area contributed by atoms with Gasteiger partial charge in [0.1, 0.15) is 12.4 Å². The lowest BCUT2D eigenvalue weighted by Crippen LogP contribution is -2.28. The maximum absolute atomic E-state index is 12.2. The summed E-state index contributed by atoms with van der Waals surface area (Å²) in [6.07, 6.45) is 1.88. The van der Waals surface area contributed by atoms with Crippen LogP contribution in [0.2, 0.25) is 0 Å². The number of ether oxygens (including phenoxy) is 1. The third-order valence-electron chi connectivity index (χ3n) is 3.32. The highest BCUT2D eigenvalue weighted by molar-refractivity contribution is 9.10. The molecule has 106 valence electrons. The minimum absolute atomic E-state index is 0.0970. The van der Waals surface area contributed by atoms with Crippen LogP contribution in [-0.2, 0) is 11.3 Å². The number of para-hydroxylation sites is 1. The van der Waals surface area contributed by atoms with Crippen molar-refractivity contribution in [1.82, 2.24) is 5.32 Å². The molecule has 2 aromatic carbocycles. The van der Waals surface area contributed by atoms with Gasteiger partial charge in [-0.05, 0) is 23.8 Å². The van der Waals surface area contributed by atoms with Crippen LogP contribution in [0.15, 0.2) is 58.6 Å². The first-order valence-corrected chi connectivity index (χ1v) is 7.47. The van der Waals surface area contributed by atoms with E-state index in [1.54, 1.807) is 0 Å². The van der Waals surface area contributed by atoms with Crippen LogP contribution in [-0.4, -0.2) is 12.5 Å². The van der Waals surface area contributed by atoms with Gasteiger partial charge in [0.25, 0.3) is 5.91 Å². The first kappa shape index (κ1) is 13.9. The van der Waals surface area contributed by atoms with Crippen LogP contribution in [0.1, 0.15) is 11.1 Å². The maximum Gasteiger partial charge on any atom is 0.250 e. The number of carbonyl (C=O) groups excluding carboxylic acids is 1. The van der Waals surface area contributed by atoms with Gasteiger partial charge in [-0.3, -0.25) is 4.79 Å². The summed E-state index contributed by atoms with van der Waals surface area (Å²) in [5, 5.41) is 2.92. The molecule has 0 bridgehead atoms. The summed E-state index contributed by atoms with van der Waals surface area (Å²) in [5.41, 5.74) is 2.62. The smallest absolute Gasteiger partial charge is 0.250 e. The van der Waals surface area contributed by atoms with E-state index in [1.165, 1.54) is 0 Å². The summed E-state index contributed by atoms with van der Waals surface area (Å²) in [5.74, 6) is 0.722. The Balaban J connectivity index is 1.70. The molecule has 1 amide bonds. The van der Waals surface area contributed by atoms with Gasteiger partial charge in [0, 0.05) is 16.6 Å². The van der Waals surface area contributed by atoms with E-state index >= 15 is 0 Å². The van der Waals surface area contributed by atoms with Crippen LogP contribution in [0.3, 0.4) is 0 Å². The molecule has 0 aliphatic carbocycles. The van der Waals surface area contributed by atoms with Crippen molar-refractivity contribution in [2.45, 2.75) is 6.54 Å². The molecule has 0 saturated heterocycles. The molecule has 1 aliphatic rings. The van der Waals surface area contributed by atoms with Crippen LogP contribution >= 0.6 is 15.9 Å². The number of nitrogens with one attached hydrogen (secondary N) is 1. The van der Waals surface area contributed by atoms with E-state index in [-0.39, 0.29) is 5.91 Å². The van der Waals surface area contributed by atoms with Gasteiger partial charge in [-0.15, -0.1) is 0 Å². The van der Waals surface area contributed by atoms with E-state index in [0.717, 1.165) is 21.3 Å². The molecule has 1 aliphatic heterocycles. The van der Waals surface area contributed by atoms with Gasteiger partial charge in [-0.2, -0.15) is 0 Å². The van der Waals surface area contributed by atoms with E-state index in [2.05, 4.69) is 21.2 Å². The van der Waals surface area contributed by atoms with E-state index < -0.39 is 0 Å². The number of fused-ring (bicyclic) bond motifs is 1. The predicted octanol–water partition coefficient (Wildman–Crippen LogP) is 3.54. The van der Waals surface area contributed by atoms with Gasteiger partial charge in [0.2, 0.25) is 0 Å². The molecule has 0 fully saturated rings. The zero-order chi connectivity index (χ0) is 14.7. The largest absolute Gasteiger partial charge is 0.488 e. The lowest BCUT2D eigenvalue weighted by atomic mass is 10.1. The van der Waals surface area contributed by atoms with Crippen molar-refractivity contribution < 1.29 is 9.53 Å². The number of halogens is 1. The van der Waals surface area contributed by atoms with E-state index in [9.17, 15) is 4.79 Å². The van der Waals surface area contributed by atoms with Crippen molar-refractivity contribution >= 4 is 27.9 Å². The highest BCUT2D eigenvalue weighted by Gasteiger charge is 2.16. The van der Waals surface area contributed by atoms with Crippen molar-refractivity contribution in [2.75, 3.05) is 6.61 Å². The lowest BCUT2D eigenvalue weighted by Gasteiger charge is -2.17. The minimum Gasteiger partial charge on any atom is -0.488 e. The molecule has 0 spiro atoms. The molecule has 0 aromatic heterocycles. The van der Waals surface area contributed by atoms with Gasteiger partial charge in [0.05, 0.1) is 5.57 Å². The third kappa shape index (κ3) is 3.16. The number of rotatable bonds is 3. The normalized spacial score (nSPS) is 12.9. The molecule has 0 atom stereocenters. The fourth-order valence-corrected chi connectivity index (χ4v) is 2.60. The zero-order valence-electron chi connectivity index (χ0n) is 11.3. The molecular weight excluding hydrogens is 330 g/mol. The van der Waals surface area contributed by atoms with Crippen LogP contribution in [0.4, 0.5) is 0 Å². The second-order valence-corrected chi connectivity index (χ2v) is 5.62. The summed E-state index contributed by atoms with van der Waals surface area (Å²) < 4.78 is 6.58. The standard InChI is InChI=1S/C17H14BrNO2/c18-15-7-3-1-6-13(15)10-19-17(20)14-9-12-5-2-4-8-16(12)21-11-14/h1-9H,10-11H2,(H,19,20). The first-order chi connectivity index (χ1) is 10.2. The Kier molecular flexibility index (Phi) is 4.06. The van der Waals surface area contributed by atoms with Crippen molar-refractivity contribution in [2.24, 2.45) is 0 Å². The number of carbonyl (C=O) groups is 1. The zero-order valence-corrected chi connectivity index (χ0v) is 12.9. The second-order valence-electron chi connectivity index (χ2n) is 4.77. The Labute approximate surface area is 131 Å². The van der Waals surface area contributed by atoms with Gasteiger partial charge < -0.3 is 10.1 Å². The van der Waals surface area contributed by atoms with Crippen LogP contribution in [0.25, 0.3) is 6.08 Å². The average Bonchev–Trinajstić information content (AvgIpc) is 2.53. The number of amides is 1. The number of hydrogen-bond donors (Lipinski definition) is 1. The molecule has 21 heavy (non-hydrogen) atoms. The van der Waals surface area contributed by atoms with Gasteiger partial charge in [0.15, 0.2) is 0 Å². The summed E-state index contributed by atoms with van der Waals surface area (Å²) in [6.45, 7) is 0.790. The van der Waals surface area contributed by atoms with E-state index in [1.807, 2.05) is 54.6 Å². The highest BCUT2D eigenvalue weighted by Crippen LogP contribution is 2.25. The van der Waals surface area contributed by atoms with Crippen molar-refractivity contribution in [3.8, 4) is 5.75 Å². The van der Waals surface area contributed by atoms with Crippen LogP contribution in [0, 0.1) is 0 Å². The van der Waals surface area contributed by atoms with E-state index in [0.29, 0.717) is 18.7 Å². The summed E-state index contributed by atoms with van der Waals surface area (Å²) in [6, 6.07) is 15.5. The van der Waals surface area contributed by atoms with Gasteiger partial charge in [-0.1, -0.05) is 52.3 Å². The minimum atomic E-state index is -0.0970. The monoisotopic (exact) mass is 343 g/mol. The Hall–Kier alpha value is -2.07. The van der Waals surface area contributed by atoms with Gasteiger partial charge in [-0.25, -0.2) is 0 Å². The third-order valence-corrected chi connectivity index (χ3v) is 4.09. The van der Waals surface area contributed by atoms with E-state index in [4.69, 9.17) is 4.74 Å². The number of hydrogen-bond acceptors (Lipinski definition) is 2. The SMILES string of the molecule is O=C(NCc1ccccc1Br)C1=Cc2ccccc2OC1. The first-order valence-electron chi connectivity index (χ1n) is 6.68. The second kappa shape index (κ2) is 6.14. The Morgan fingerprint density at radius 1 is 1.14 bits per heavy atom. The molecule has 2 aromatic rings. The molecule has 0 radical (unpaired) electrons. The Bertz CT molecular complexity index is 709. The average molecular weight is 344 g/mol. The molecule has 0 unspecified atom stereocenters. The fraction of sp³-hybridized carbons (Fsp3) is 0.118. The van der Waals surface area contributed by atoms with Crippen molar-refractivity contribution in [3.63, 3.8) is 0 Å². The van der Waals surface area contributed by atoms with Gasteiger partial charge >= 0.3 is 0 Å². The quantitative estimate of drug-likeness (QED) is 0.925. The highest BCUT2D eigenvalue weighted by atomic mass is 79.9. The summed E-state index contributed by atoms with van der Waals surface area (Å²) in [4.78, 5) is 12.2. The summed E-state index contributed by atoms with van der Waals surface area (Å²) >= 11 is 3.47. The molecule has 3 rings (SSSR count). The van der Waals surface area contributed by atoms with Crippen molar-refractivity contribution in [1.29, 1.82) is 0 Å². The molecule has 1 N–H and O–H groups in total. The molecule has 1 heterocycles. The molecule has 3 nitrogen and oxygen atoms in total. The molecular formula is C17H14BrNO2. The van der Waals surface area contributed by atoms with Crippen LogP contribution < -0.4 is 10.1 Å². The number of benzene rings is 2. The Morgan fingerprint density at radius 2 is 1.90 bits per heavy atom. The fourth-order valence-electron chi connectivity index (χ4n) is 2.18. The topological polar surface area (TPSA) is 38.3 Å². The maximum atomic E-state index is 12.2. The van der Waals surface area contributed by atoms with Crippen LogP contribution in [0.5, 0.6) is 5.75 Å². The molecule has 4 heteroatoms.